The summed E-state index contributed by atoms with van der Waals surface area (Å²) in [4.78, 5) is 13.8. The number of rotatable bonds is 7. The predicted octanol–water partition coefficient (Wildman–Crippen LogP) is 4.22. The van der Waals surface area contributed by atoms with Gasteiger partial charge in [-0.25, -0.2) is 4.79 Å². The molecule has 0 unspecified atom stereocenters. The summed E-state index contributed by atoms with van der Waals surface area (Å²) in [7, 11) is -0.601. The summed E-state index contributed by atoms with van der Waals surface area (Å²) in [6, 6.07) is 18.5. The highest BCUT2D eigenvalue weighted by atomic mass is 79.9. The van der Waals surface area contributed by atoms with Crippen LogP contribution in [0, 0.1) is 0 Å². The predicted molar refractivity (Wildman–Crippen MR) is 127 cm³/mol. The standard InChI is InChI=1S/C24H29BrO7Si/c1-27-24-21(32-33(2,3)15-25)20(30-22(26)16-10-6-4-7-11-16)19-18(29-24)14-28-23(31-19)17-12-8-5-9-13-17/h4-13,18-21,23-24H,14-15H2,1-3H3/t18-,19-,20+,21+,23-,24+/m1/s1. The molecule has 2 aromatic carbocycles. The van der Waals surface area contributed by atoms with Gasteiger partial charge in [0.25, 0.3) is 0 Å². The Kier molecular flexibility index (Phi) is 8.01. The van der Waals surface area contributed by atoms with E-state index in [1.807, 2.05) is 36.4 Å². The molecule has 2 aliphatic rings. The molecule has 0 radical (unpaired) electrons. The Hall–Kier alpha value is -1.59. The van der Waals surface area contributed by atoms with Crippen molar-refractivity contribution in [1.82, 2.24) is 0 Å². The highest BCUT2D eigenvalue weighted by Gasteiger charge is 2.54. The van der Waals surface area contributed by atoms with Crippen molar-refractivity contribution in [3.8, 4) is 0 Å². The van der Waals surface area contributed by atoms with Crippen LogP contribution in [0.4, 0.5) is 0 Å². The van der Waals surface area contributed by atoms with Crippen LogP contribution in [0.25, 0.3) is 0 Å². The van der Waals surface area contributed by atoms with E-state index in [-0.39, 0.29) is 6.61 Å². The molecule has 0 spiro atoms. The van der Waals surface area contributed by atoms with Crippen molar-refractivity contribution in [2.24, 2.45) is 0 Å². The van der Waals surface area contributed by atoms with Crippen LogP contribution in [0.2, 0.25) is 13.1 Å². The van der Waals surface area contributed by atoms with Crippen molar-refractivity contribution in [3.05, 3.63) is 71.8 Å². The van der Waals surface area contributed by atoms with E-state index in [1.54, 1.807) is 31.4 Å². The number of hydrogen-bond donors (Lipinski definition) is 0. The average molecular weight is 537 g/mol. The number of alkyl halides is 1. The normalized spacial score (nSPS) is 29.8. The molecule has 2 heterocycles. The summed E-state index contributed by atoms with van der Waals surface area (Å²) in [5.41, 5.74) is 1.34. The Balaban J connectivity index is 1.65. The van der Waals surface area contributed by atoms with Crippen molar-refractivity contribution < 1.29 is 32.9 Å². The van der Waals surface area contributed by atoms with Gasteiger partial charge in [0.15, 0.2) is 27.0 Å². The Morgan fingerprint density at radius 3 is 2.33 bits per heavy atom. The first-order valence-corrected chi connectivity index (χ1v) is 15.2. The van der Waals surface area contributed by atoms with Gasteiger partial charge in [0.1, 0.15) is 18.3 Å². The van der Waals surface area contributed by atoms with Gasteiger partial charge in [0.2, 0.25) is 0 Å². The zero-order chi connectivity index (χ0) is 23.4. The molecule has 178 valence electrons. The molecule has 2 saturated heterocycles. The summed E-state index contributed by atoms with van der Waals surface area (Å²) < 4.78 is 36.7. The summed E-state index contributed by atoms with van der Waals surface area (Å²) in [6.07, 6.45) is -3.80. The Morgan fingerprint density at radius 2 is 1.70 bits per heavy atom. The molecular formula is C24H29BrO7Si. The molecule has 0 saturated carbocycles. The maximum Gasteiger partial charge on any atom is 0.338 e. The van der Waals surface area contributed by atoms with E-state index in [2.05, 4.69) is 29.0 Å². The van der Waals surface area contributed by atoms with Gasteiger partial charge in [0.05, 0.1) is 12.2 Å². The van der Waals surface area contributed by atoms with E-state index in [0.717, 1.165) is 5.56 Å². The molecular weight excluding hydrogens is 508 g/mol. The second-order valence-corrected chi connectivity index (χ2v) is 14.4. The third kappa shape index (κ3) is 5.74. The van der Waals surface area contributed by atoms with Crippen LogP contribution in [0.1, 0.15) is 22.2 Å². The van der Waals surface area contributed by atoms with Crippen molar-refractivity contribution in [3.63, 3.8) is 0 Å². The first-order valence-electron chi connectivity index (χ1n) is 10.9. The Labute approximate surface area is 203 Å². The fraction of sp³-hybridized carbons (Fsp3) is 0.458. The molecule has 2 fully saturated rings. The SMILES string of the molecule is CO[C@H]1O[C@@H]2CO[C@@H](c3ccccc3)O[C@H]2[C@H](OC(=O)c2ccccc2)[C@@H]1O[Si](C)(C)CBr. The molecule has 0 aliphatic carbocycles. The molecule has 6 atom stereocenters. The van der Waals surface area contributed by atoms with Gasteiger partial charge < -0.3 is 28.1 Å². The molecule has 0 N–H and O–H groups in total. The fourth-order valence-corrected chi connectivity index (χ4v) is 5.38. The van der Waals surface area contributed by atoms with Crippen molar-refractivity contribution >= 4 is 30.2 Å². The topological polar surface area (TPSA) is 72.5 Å². The van der Waals surface area contributed by atoms with Crippen molar-refractivity contribution in [1.29, 1.82) is 0 Å². The number of hydrogen-bond acceptors (Lipinski definition) is 7. The Bertz CT molecular complexity index is 914. The van der Waals surface area contributed by atoms with Gasteiger partial charge >= 0.3 is 5.97 Å². The number of ether oxygens (including phenoxy) is 5. The molecule has 4 rings (SSSR count). The third-order valence-corrected chi connectivity index (χ3v) is 11.2. The summed E-state index contributed by atoms with van der Waals surface area (Å²) >= 11 is 3.55. The van der Waals surface area contributed by atoms with Gasteiger partial charge in [-0.3, -0.25) is 0 Å². The summed E-state index contributed by atoms with van der Waals surface area (Å²) in [6.45, 7) is 4.43. The second kappa shape index (κ2) is 10.8. The van der Waals surface area contributed by atoms with Gasteiger partial charge in [-0.2, -0.15) is 0 Å². The number of carbonyl (C=O) groups excluding carboxylic acids is 1. The van der Waals surface area contributed by atoms with Crippen molar-refractivity contribution in [2.75, 3.05) is 18.7 Å². The highest BCUT2D eigenvalue weighted by Crippen LogP contribution is 2.37. The van der Waals surface area contributed by atoms with E-state index in [0.29, 0.717) is 10.5 Å². The van der Waals surface area contributed by atoms with Crippen LogP contribution in [-0.4, -0.2) is 63.7 Å². The number of benzene rings is 2. The lowest BCUT2D eigenvalue weighted by Gasteiger charge is -2.49. The van der Waals surface area contributed by atoms with Crippen LogP contribution in [0.15, 0.2) is 60.7 Å². The van der Waals surface area contributed by atoms with Crippen LogP contribution in [-0.2, 0) is 28.1 Å². The highest BCUT2D eigenvalue weighted by molar-refractivity contribution is 9.09. The zero-order valence-electron chi connectivity index (χ0n) is 18.9. The van der Waals surface area contributed by atoms with Crippen LogP contribution in [0.5, 0.6) is 0 Å². The van der Waals surface area contributed by atoms with E-state index < -0.39 is 51.3 Å². The summed E-state index contributed by atoms with van der Waals surface area (Å²) in [5, 5.41) is 0. The van der Waals surface area contributed by atoms with Crippen LogP contribution < -0.4 is 0 Å². The molecule has 2 aromatic rings. The molecule has 0 aromatic heterocycles. The minimum atomic E-state index is -2.15. The zero-order valence-corrected chi connectivity index (χ0v) is 21.5. The maximum atomic E-state index is 13.1. The van der Waals surface area contributed by atoms with E-state index in [4.69, 9.17) is 28.1 Å². The lowest BCUT2D eigenvalue weighted by Crippen LogP contribution is -2.65. The molecule has 0 amide bonds. The minimum absolute atomic E-state index is 0.273. The number of methoxy groups -OCH3 is 1. The largest absolute Gasteiger partial charge is 0.453 e. The van der Waals surface area contributed by atoms with Gasteiger partial charge in [-0.1, -0.05) is 64.5 Å². The lowest BCUT2D eigenvalue weighted by atomic mass is 9.97. The van der Waals surface area contributed by atoms with Crippen LogP contribution in [0.3, 0.4) is 0 Å². The number of carbonyl (C=O) groups is 1. The first kappa shape index (κ1) is 24.5. The monoisotopic (exact) mass is 536 g/mol. The summed E-state index contributed by atoms with van der Waals surface area (Å²) in [5.74, 6) is -0.450. The molecule has 0 bridgehead atoms. The van der Waals surface area contributed by atoms with E-state index >= 15 is 0 Å². The van der Waals surface area contributed by atoms with E-state index in [9.17, 15) is 4.79 Å². The minimum Gasteiger partial charge on any atom is -0.453 e. The smallest absolute Gasteiger partial charge is 0.338 e. The first-order chi connectivity index (χ1) is 15.9. The fourth-order valence-electron chi connectivity index (χ4n) is 3.94. The molecule has 7 nitrogen and oxygen atoms in total. The second-order valence-electron chi connectivity index (χ2n) is 8.67. The van der Waals surface area contributed by atoms with E-state index in [1.165, 1.54) is 0 Å². The molecule has 9 heteroatoms. The molecule has 33 heavy (non-hydrogen) atoms. The number of esters is 1. The number of fused-ring (bicyclic) bond motifs is 1. The van der Waals surface area contributed by atoms with Gasteiger partial charge in [-0.05, 0) is 25.2 Å². The maximum absolute atomic E-state index is 13.1. The molecule has 2 aliphatic heterocycles. The quantitative estimate of drug-likeness (QED) is 0.298. The lowest BCUT2D eigenvalue weighted by molar-refractivity contribution is -0.355. The van der Waals surface area contributed by atoms with Crippen molar-refractivity contribution in [2.45, 2.75) is 50.1 Å². The van der Waals surface area contributed by atoms with Crippen LogP contribution >= 0.6 is 15.9 Å². The average Bonchev–Trinajstić information content (AvgIpc) is 2.85. The van der Waals surface area contributed by atoms with Gasteiger partial charge in [-0.15, -0.1) is 0 Å². The van der Waals surface area contributed by atoms with Gasteiger partial charge in [0, 0.05) is 17.6 Å². The number of halogens is 1. The Morgan fingerprint density at radius 1 is 1.03 bits per heavy atom. The third-order valence-electron chi connectivity index (χ3n) is 5.62.